The van der Waals surface area contributed by atoms with Gasteiger partial charge in [0.1, 0.15) is 0 Å². The molecule has 21 heavy (non-hydrogen) atoms. The first-order valence-electron chi connectivity index (χ1n) is 5.65. The first kappa shape index (κ1) is 16.5. The van der Waals surface area contributed by atoms with Crippen LogP contribution >= 0.6 is 0 Å². The Morgan fingerprint density at radius 3 is 2.10 bits per heavy atom. The van der Waals surface area contributed by atoms with Gasteiger partial charge in [0.05, 0.1) is 11.8 Å². The Balaban J connectivity index is 2.92. The van der Waals surface area contributed by atoms with Crippen LogP contribution in [0.2, 0.25) is 0 Å². The standard InChI is InChI=1S/C12H13F3N4O2/c1-18(2)11(21)19(10(16)20)17-7-8-3-5-9(6-4-8)12(13,14)15/h3-7H,1-2H3,(H2,16,20)/b17-7+. The number of nitrogens with zero attached hydrogens (tertiary/aromatic N) is 3. The van der Waals surface area contributed by atoms with Crippen LogP contribution in [0.3, 0.4) is 0 Å². The van der Waals surface area contributed by atoms with Crippen molar-refractivity contribution >= 4 is 18.3 Å². The van der Waals surface area contributed by atoms with E-state index in [4.69, 9.17) is 5.73 Å². The summed E-state index contributed by atoms with van der Waals surface area (Å²) in [5.41, 5.74) is 4.47. The second kappa shape index (κ2) is 6.25. The van der Waals surface area contributed by atoms with Gasteiger partial charge in [-0.1, -0.05) is 12.1 Å². The first-order valence-corrected chi connectivity index (χ1v) is 5.65. The molecule has 0 aliphatic heterocycles. The molecule has 114 valence electrons. The number of hydrogen-bond donors (Lipinski definition) is 1. The number of amides is 4. The lowest BCUT2D eigenvalue weighted by Gasteiger charge is -2.17. The van der Waals surface area contributed by atoms with Gasteiger partial charge in [-0.2, -0.15) is 18.3 Å². The highest BCUT2D eigenvalue weighted by atomic mass is 19.4. The summed E-state index contributed by atoms with van der Waals surface area (Å²) in [6, 6.07) is 2.17. The lowest BCUT2D eigenvalue weighted by molar-refractivity contribution is -0.137. The molecule has 0 atom stereocenters. The highest BCUT2D eigenvalue weighted by Gasteiger charge is 2.29. The molecular formula is C12H13F3N4O2. The quantitative estimate of drug-likeness (QED) is 0.670. The zero-order valence-corrected chi connectivity index (χ0v) is 11.3. The molecule has 0 bridgehead atoms. The summed E-state index contributed by atoms with van der Waals surface area (Å²) < 4.78 is 37.1. The van der Waals surface area contributed by atoms with Gasteiger partial charge in [-0.3, -0.25) is 0 Å². The van der Waals surface area contributed by atoms with Crippen LogP contribution in [0.25, 0.3) is 0 Å². The third-order valence-corrected chi connectivity index (χ3v) is 2.33. The van der Waals surface area contributed by atoms with Crippen LogP contribution in [0, 0.1) is 0 Å². The summed E-state index contributed by atoms with van der Waals surface area (Å²) in [7, 11) is 2.79. The second-order valence-electron chi connectivity index (χ2n) is 4.19. The van der Waals surface area contributed by atoms with Crippen molar-refractivity contribution in [1.29, 1.82) is 0 Å². The van der Waals surface area contributed by atoms with E-state index in [0.717, 1.165) is 35.4 Å². The van der Waals surface area contributed by atoms with E-state index in [1.807, 2.05) is 0 Å². The fraction of sp³-hybridized carbons (Fsp3) is 0.250. The average molecular weight is 302 g/mol. The highest BCUT2D eigenvalue weighted by molar-refractivity contribution is 5.94. The molecule has 2 N–H and O–H groups in total. The van der Waals surface area contributed by atoms with Crippen molar-refractivity contribution in [2.24, 2.45) is 10.8 Å². The SMILES string of the molecule is CN(C)C(=O)N(/N=C/c1ccc(C(F)(F)F)cc1)C(N)=O. The van der Waals surface area contributed by atoms with Crippen LogP contribution in [-0.2, 0) is 6.18 Å². The molecule has 0 radical (unpaired) electrons. The number of carbonyl (C=O) groups excluding carboxylic acids is 2. The lowest BCUT2D eigenvalue weighted by atomic mass is 10.1. The maximum atomic E-state index is 12.4. The van der Waals surface area contributed by atoms with E-state index in [0.29, 0.717) is 5.01 Å². The van der Waals surface area contributed by atoms with Crippen molar-refractivity contribution in [1.82, 2.24) is 9.91 Å². The number of imide groups is 1. The van der Waals surface area contributed by atoms with Crippen molar-refractivity contribution in [3.8, 4) is 0 Å². The summed E-state index contributed by atoms with van der Waals surface area (Å²) in [6.45, 7) is 0. The minimum Gasteiger partial charge on any atom is -0.350 e. The second-order valence-corrected chi connectivity index (χ2v) is 4.19. The molecule has 0 fully saturated rings. The Morgan fingerprint density at radius 2 is 1.71 bits per heavy atom. The Labute approximate surface area is 118 Å². The largest absolute Gasteiger partial charge is 0.416 e. The summed E-state index contributed by atoms with van der Waals surface area (Å²) in [6.07, 6.45) is -3.37. The Hall–Kier alpha value is -2.58. The van der Waals surface area contributed by atoms with Crippen LogP contribution in [0.4, 0.5) is 22.8 Å². The number of nitrogens with two attached hydrogens (primary N) is 1. The molecule has 0 aromatic heterocycles. The molecule has 1 aromatic carbocycles. The summed E-state index contributed by atoms with van der Waals surface area (Å²) >= 11 is 0. The third kappa shape index (κ3) is 4.48. The molecule has 0 unspecified atom stereocenters. The van der Waals surface area contributed by atoms with E-state index in [9.17, 15) is 22.8 Å². The van der Waals surface area contributed by atoms with E-state index >= 15 is 0 Å². The zero-order chi connectivity index (χ0) is 16.2. The molecular weight excluding hydrogens is 289 g/mol. The summed E-state index contributed by atoms with van der Waals surface area (Å²) in [4.78, 5) is 23.7. The lowest BCUT2D eigenvalue weighted by Crippen LogP contribution is -2.42. The fourth-order valence-electron chi connectivity index (χ4n) is 1.27. The molecule has 0 spiro atoms. The van der Waals surface area contributed by atoms with Crippen molar-refractivity contribution in [3.63, 3.8) is 0 Å². The van der Waals surface area contributed by atoms with E-state index in [2.05, 4.69) is 5.10 Å². The zero-order valence-electron chi connectivity index (χ0n) is 11.3. The Kier molecular flexibility index (Phi) is 4.90. The molecule has 6 nitrogen and oxygen atoms in total. The number of hydrazone groups is 1. The minimum absolute atomic E-state index is 0.279. The van der Waals surface area contributed by atoms with Crippen molar-refractivity contribution in [2.45, 2.75) is 6.18 Å². The monoisotopic (exact) mass is 302 g/mol. The normalized spacial score (nSPS) is 11.5. The van der Waals surface area contributed by atoms with Crippen LogP contribution in [0.15, 0.2) is 29.4 Å². The van der Waals surface area contributed by atoms with Crippen molar-refractivity contribution < 1.29 is 22.8 Å². The highest BCUT2D eigenvalue weighted by Crippen LogP contribution is 2.28. The van der Waals surface area contributed by atoms with Crippen molar-refractivity contribution in [3.05, 3.63) is 35.4 Å². The number of hydrogen-bond acceptors (Lipinski definition) is 3. The first-order chi connectivity index (χ1) is 9.62. The van der Waals surface area contributed by atoms with Crippen LogP contribution in [0.5, 0.6) is 0 Å². The topological polar surface area (TPSA) is 79.0 Å². The van der Waals surface area contributed by atoms with Gasteiger partial charge in [0.25, 0.3) is 0 Å². The van der Waals surface area contributed by atoms with Gasteiger partial charge in [0.15, 0.2) is 0 Å². The van der Waals surface area contributed by atoms with Gasteiger partial charge in [-0.05, 0) is 17.7 Å². The maximum Gasteiger partial charge on any atom is 0.416 e. The number of carbonyl (C=O) groups is 2. The van der Waals surface area contributed by atoms with Crippen molar-refractivity contribution in [2.75, 3.05) is 14.1 Å². The number of benzene rings is 1. The van der Waals surface area contributed by atoms with Gasteiger partial charge >= 0.3 is 18.2 Å². The number of alkyl halides is 3. The van der Waals surface area contributed by atoms with Gasteiger partial charge in [-0.15, -0.1) is 5.01 Å². The van der Waals surface area contributed by atoms with Gasteiger partial charge in [-0.25, -0.2) is 9.59 Å². The van der Waals surface area contributed by atoms with Gasteiger partial charge < -0.3 is 10.6 Å². The fourth-order valence-corrected chi connectivity index (χ4v) is 1.27. The van der Waals surface area contributed by atoms with Crippen LogP contribution < -0.4 is 5.73 Å². The smallest absolute Gasteiger partial charge is 0.350 e. The van der Waals surface area contributed by atoms with E-state index < -0.39 is 23.8 Å². The van der Waals surface area contributed by atoms with E-state index in [1.165, 1.54) is 14.1 Å². The third-order valence-electron chi connectivity index (χ3n) is 2.33. The molecule has 1 rings (SSSR count). The van der Waals surface area contributed by atoms with Gasteiger partial charge in [0.2, 0.25) is 0 Å². The molecule has 0 saturated heterocycles. The molecule has 1 aromatic rings. The van der Waals surface area contributed by atoms with Crippen LogP contribution in [-0.4, -0.2) is 42.3 Å². The number of urea groups is 2. The molecule has 9 heteroatoms. The number of rotatable bonds is 2. The van der Waals surface area contributed by atoms with E-state index in [1.54, 1.807) is 0 Å². The Morgan fingerprint density at radius 1 is 1.19 bits per heavy atom. The average Bonchev–Trinajstić information content (AvgIpc) is 2.37. The predicted octanol–water partition coefficient (Wildman–Crippen LogP) is 2.10. The maximum absolute atomic E-state index is 12.4. The molecule has 0 heterocycles. The molecule has 4 amide bonds. The predicted molar refractivity (Wildman–Crippen MR) is 69.5 cm³/mol. The minimum atomic E-state index is -4.43. The molecule has 0 aliphatic rings. The number of halogens is 3. The molecule has 0 aliphatic carbocycles. The summed E-state index contributed by atoms with van der Waals surface area (Å²) in [5.74, 6) is 0. The van der Waals surface area contributed by atoms with E-state index in [-0.39, 0.29) is 5.56 Å². The number of primary amides is 1. The summed E-state index contributed by atoms with van der Waals surface area (Å²) in [5, 5.41) is 3.97. The Bertz CT molecular complexity index is 553. The van der Waals surface area contributed by atoms with Gasteiger partial charge in [0, 0.05) is 14.1 Å². The molecule has 0 saturated carbocycles. The van der Waals surface area contributed by atoms with Crippen LogP contribution in [0.1, 0.15) is 11.1 Å².